The van der Waals surface area contributed by atoms with Crippen LogP contribution in [0.1, 0.15) is 69.9 Å². The number of hydrogen-bond acceptors (Lipinski definition) is 2. The minimum absolute atomic E-state index is 0.478. The number of allylic oxidation sites excluding steroid dienone is 2. The molecule has 2 heteroatoms. The van der Waals surface area contributed by atoms with Crippen LogP contribution in [0.4, 0.5) is 0 Å². The maximum atomic E-state index is 5.36. The first kappa shape index (κ1) is 16.2. The summed E-state index contributed by atoms with van der Waals surface area (Å²) in [7, 11) is 0. The van der Waals surface area contributed by atoms with E-state index in [0.29, 0.717) is 12.0 Å². The summed E-state index contributed by atoms with van der Waals surface area (Å²) < 4.78 is 0. The Hall–Kier alpha value is -1.28. The molecule has 1 aromatic carbocycles. The van der Waals surface area contributed by atoms with Gasteiger partial charge in [-0.15, -0.1) is 0 Å². The second-order valence-corrected chi connectivity index (χ2v) is 8.07. The lowest BCUT2D eigenvalue weighted by atomic mass is 9.55. The van der Waals surface area contributed by atoms with Crippen molar-refractivity contribution in [1.29, 1.82) is 0 Å². The maximum Gasteiger partial charge on any atom is 0.165 e. The van der Waals surface area contributed by atoms with E-state index in [1.165, 1.54) is 44.1 Å². The Morgan fingerprint density at radius 3 is 2.88 bits per heavy atom. The molecule has 0 aliphatic heterocycles. The fourth-order valence-electron chi connectivity index (χ4n) is 6.06. The molecule has 4 rings (SSSR count). The molecule has 0 heterocycles. The van der Waals surface area contributed by atoms with Crippen molar-refractivity contribution < 1.29 is 9.78 Å². The van der Waals surface area contributed by atoms with Crippen LogP contribution in [0.15, 0.2) is 29.8 Å². The van der Waals surface area contributed by atoms with E-state index in [2.05, 4.69) is 38.1 Å². The lowest BCUT2D eigenvalue weighted by Crippen LogP contribution is -2.40. The summed E-state index contributed by atoms with van der Waals surface area (Å²) in [5.41, 5.74) is 5.29. The predicted molar refractivity (Wildman–Crippen MR) is 97.1 cm³/mol. The minimum atomic E-state index is 0.478. The van der Waals surface area contributed by atoms with Crippen molar-refractivity contribution in [2.45, 2.75) is 65.2 Å². The molecule has 0 bridgehead atoms. The topological polar surface area (TPSA) is 18.5 Å². The molecule has 130 valence electrons. The zero-order valence-corrected chi connectivity index (χ0v) is 15.3. The summed E-state index contributed by atoms with van der Waals surface area (Å²) in [5.74, 6) is 3.36. The van der Waals surface area contributed by atoms with Crippen LogP contribution in [0.5, 0.6) is 5.75 Å². The molecule has 24 heavy (non-hydrogen) atoms. The molecule has 0 spiro atoms. The molecule has 2 fully saturated rings. The number of hydrogen-bond donors (Lipinski definition) is 0. The second-order valence-electron chi connectivity index (χ2n) is 8.07. The molecule has 3 unspecified atom stereocenters. The summed E-state index contributed by atoms with van der Waals surface area (Å²) in [6.07, 6.45) is 10.4. The molecular weight excluding hydrogens is 296 g/mol. The first-order valence-corrected chi connectivity index (χ1v) is 9.75. The van der Waals surface area contributed by atoms with E-state index in [1.807, 2.05) is 6.92 Å². The van der Waals surface area contributed by atoms with Gasteiger partial charge in [0.2, 0.25) is 0 Å². The molecule has 3 aliphatic rings. The molecule has 3 aliphatic carbocycles. The van der Waals surface area contributed by atoms with E-state index in [0.717, 1.165) is 23.5 Å². The fraction of sp³-hybridized carbons (Fsp3) is 0.636. The van der Waals surface area contributed by atoms with E-state index in [9.17, 15) is 0 Å². The van der Waals surface area contributed by atoms with E-state index < -0.39 is 0 Å². The number of fused-ring (bicyclic) bond motifs is 5. The van der Waals surface area contributed by atoms with Gasteiger partial charge in [-0.05, 0) is 98.8 Å². The van der Waals surface area contributed by atoms with Crippen LogP contribution in [0.2, 0.25) is 0 Å². The van der Waals surface area contributed by atoms with Gasteiger partial charge in [0, 0.05) is 0 Å². The van der Waals surface area contributed by atoms with E-state index >= 15 is 0 Å². The normalized spacial score (nSPS) is 36.1. The van der Waals surface area contributed by atoms with Crippen LogP contribution in [0.25, 0.3) is 0 Å². The maximum absolute atomic E-state index is 5.36. The highest BCUT2D eigenvalue weighted by atomic mass is 17.2. The highest BCUT2D eigenvalue weighted by Gasteiger charge is 2.52. The molecule has 0 saturated heterocycles. The van der Waals surface area contributed by atoms with Gasteiger partial charge in [-0.2, -0.15) is 4.89 Å². The van der Waals surface area contributed by atoms with Crippen LogP contribution in [0.3, 0.4) is 0 Å². The number of rotatable bonds is 3. The van der Waals surface area contributed by atoms with Crippen molar-refractivity contribution >= 4 is 0 Å². The number of aryl methyl sites for hydroxylation is 1. The zero-order valence-electron chi connectivity index (χ0n) is 15.3. The quantitative estimate of drug-likeness (QED) is 0.396. The Labute approximate surface area is 146 Å². The molecule has 0 aromatic heterocycles. The Balaban J connectivity index is 1.61. The smallest absolute Gasteiger partial charge is 0.165 e. The van der Waals surface area contributed by atoms with Gasteiger partial charge in [-0.1, -0.05) is 24.6 Å². The van der Waals surface area contributed by atoms with Crippen LogP contribution in [0, 0.1) is 17.3 Å². The van der Waals surface area contributed by atoms with Crippen LogP contribution in [-0.2, 0) is 11.3 Å². The van der Waals surface area contributed by atoms with Crippen molar-refractivity contribution in [1.82, 2.24) is 0 Å². The fourth-order valence-corrected chi connectivity index (χ4v) is 6.06. The third kappa shape index (κ3) is 2.42. The second kappa shape index (κ2) is 6.22. The molecule has 0 radical (unpaired) electrons. The first-order valence-electron chi connectivity index (χ1n) is 9.75. The van der Waals surface area contributed by atoms with Gasteiger partial charge in [-0.3, -0.25) is 0 Å². The summed E-state index contributed by atoms with van der Waals surface area (Å²) >= 11 is 0. The molecule has 1 aromatic rings. The van der Waals surface area contributed by atoms with Crippen LogP contribution >= 0.6 is 0 Å². The Morgan fingerprint density at radius 2 is 2.08 bits per heavy atom. The van der Waals surface area contributed by atoms with Crippen LogP contribution in [-0.4, -0.2) is 6.61 Å². The van der Waals surface area contributed by atoms with Gasteiger partial charge in [0.25, 0.3) is 0 Å². The first-order chi connectivity index (χ1) is 11.7. The molecule has 2 nitrogen and oxygen atoms in total. The molecule has 4 atom stereocenters. The zero-order chi connectivity index (χ0) is 16.7. The van der Waals surface area contributed by atoms with Gasteiger partial charge in [0.1, 0.15) is 0 Å². The molecule has 2 saturated carbocycles. The lowest BCUT2D eigenvalue weighted by Gasteiger charge is -2.49. The molecular formula is C22H30O2. The lowest BCUT2D eigenvalue weighted by molar-refractivity contribution is -0.202. The minimum Gasteiger partial charge on any atom is -0.338 e. The Morgan fingerprint density at radius 1 is 1.21 bits per heavy atom. The molecule has 0 amide bonds. The van der Waals surface area contributed by atoms with E-state index in [-0.39, 0.29) is 0 Å². The van der Waals surface area contributed by atoms with E-state index in [1.54, 1.807) is 11.1 Å². The van der Waals surface area contributed by atoms with Crippen molar-refractivity contribution in [2.24, 2.45) is 17.3 Å². The molecule has 0 N–H and O–H groups in total. The van der Waals surface area contributed by atoms with Gasteiger partial charge < -0.3 is 4.89 Å². The van der Waals surface area contributed by atoms with E-state index in [4.69, 9.17) is 9.78 Å². The van der Waals surface area contributed by atoms with Crippen LogP contribution < -0.4 is 4.89 Å². The summed E-state index contributed by atoms with van der Waals surface area (Å²) in [6.45, 7) is 7.31. The monoisotopic (exact) mass is 326 g/mol. The summed E-state index contributed by atoms with van der Waals surface area (Å²) in [6, 6.07) is 6.62. The summed E-state index contributed by atoms with van der Waals surface area (Å²) in [4.78, 5) is 10.5. The van der Waals surface area contributed by atoms with Crippen molar-refractivity contribution in [3.63, 3.8) is 0 Å². The van der Waals surface area contributed by atoms with Gasteiger partial charge >= 0.3 is 0 Å². The Bertz CT molecular complexity index is 647. The standard InChI is InChI=1S/C22H30O2/c1-4-16-7-11-21-20-9-6-15-14-17(24-23-5-2)8-10-18(15)19(20)12-13-22(16,21)3/h4,8,10,14,19-21H,5-7,9,11-13H2,1-3H3/b16-4-/t19?,20?,21?,22-/m1/s1. The van der Waals surface area contributed by atoms with Crippen molar-refractivity contribution in [3.8, 4) is 5.75 Å². The van der Waals surface area contributed by atoms with Gasteiger partial charge in [-0.25, -0.2) is 0 Å². The Kier molecular flexibility index (Phi) is 4.20. The average molecular weight is 326 g/mol. The highest BCUT2D eigenvalue weighted by Crippen LogP contribution is 2.62. The van der Waals surface area contributed by atoms with Crippen molar-refractivity contribution in [3.05, 3.63) is 41.0 Å². The third-order valence-electron chi connectivity index (χ3n) is 7.17. The van der Waals surface area contributed by atoms with Gasteiger partial charge in [0.05, 0.1) is 6.61 Å². The van der Waals surface area contributed by atoms with Crippen molar-refractivity contribution in [2.75, 3.05) is 6.61 Å². The predicted octanol–water partition coefficient (Wildman–Crippen LogP) is 5.82. The highest BCUT2D eigenvalue weighted by molar-refractivity contribution is 5.41. The largest absolute Gasteiger partial charge is 0.338 e. The SMILES string of the molecule is C/C=C1/CCC2C3CCc4cc(OOCC)ccc4C3CC[C@]12C. The average Bonchev–Trinajstić information content (AvgIpc) is 2.95. The van der Waals surface area contributed by atoms with Gasteiger partial charge in [0.15, 0.2) is 5.75 Å². The summed E-state index contributed by atoms with van der Waals surface area (Å²) in [5, 5.41) is 0. The third-order valence-corrected chi connectivity index (χ3v) is 7.17. The number of benzene rings is 1.